The van der Waals surface area contributed by atoms with Crippen LogP contribution in [-0.2, 0) is 6.18 Å². The number of benzene rings is 1. The first-order chi connectivity index (χ1) is 12.7. The van der Waals surface area contributed by atoms with Crippen LogP contribution in [0.3, 0.4) is 0 Å². The fourth-order valence-corrected chi connectivity index (χ4v) is 3.27. The number of rotatable bonds is 4. The molecule has 0 spiro atoms. The molecule has 1 aromatic heterocycles. The number of amides is 1. The highest BCUT2D eigenvalue weighted by atomic mass is 35.5. The molecule has 1 aliphatic carbocycles. The van der Waals surface area contributed by atoms with Crippen molar-refractivity contribution in [3.8, 4) is 0 Å². The molecule has 5 nitrogen and oxygen atoms in total. The summed E-state index contributed by atoms with van der Waals surface area (Å²) in [5, 5.41) is 5.32. The summed E-state index contributed by atoms with van der Waals surface area (Å²) in [6.07, 6.45) is -0.530. The predicted octanol–water partition coefficient (Wildman–Crippen LogP) is 4.87. The number of anilines is 2. The van der Waals surface area contributed by atoms with Crippen LogP contribution in [-0.4, -0.2) is 21.9 Å². The monoisotopic (exact) mass is 398 g/mol. The Morgan fingerprint density at radius 1 is 1.19 bits per heavy atom. The van der Waals surface area contributed by atoms with E-state index in [9.17, 15) is 18.0 Å². The van der Waals surface area contributed by atoms with Gasteiger partial charge in [-0.1, -0.05) is 24.4 Å². The molecule has 1 aromatic carbocycles. The number of nitrogens with one attached hydrogen (secondary N) is 2. The fourth-order valence-electron chi connectivity index (χ4n) is 3.05. The van der Waals surface area contributed by atoms with Crippen molar-refractivity contribution >= 4 is 29.0 Å². The molecule has 9 heteroatoms. The zero-order chi connectivity index (χ0) is 19.6. The molecule has 0 radical (unpaired) electrons. The van der Waals surface area contributed by atoms with Crippen LogP contribution in [0.5, 0.6) is 0 Å². The van der Waals surface area contributed by atoms with Crippen molar-refractivity contribution < 1.29 is 18.0 Å². The number of carbonyl (C=O) groups excluding carboxylic acids is 1. The average molecular weight is 399 g/mol. The number of aryl methyl sites for hydroxylation is 1. The lowest BCUT2D eigenvalue weighted by molar-refractivity contribution is -0.137. The number of carbonyl (C=O) groups is 1. The van der Waals surface area contributed by atoms with Crippen LogP contribution >= 0.6 is 11.6 Å². The first-order valence-electron chi connectivity index (χ1n) is 8.53. The van der Waals surface area contributed by atoms with Gasteiger partial charge in [-0.05, 0) is 38.0 Å². The molecule has 27 heavy (non-hydrogen) atoms. The summed E-state index contributed by atoms with van der Waals surface area (Å²) in [5.41, 5.74) is -0.618. The van der Waals surface area contributed by atoms with Crippen LogP contribution in [0.1, 0.15) is 47.6 Å². The smallest absolute Gasteiger partial charge is 0.348 e. The third-order valence-corrected chi connectivity index (χ3v) is 4.63. The van der Waals surface area contributed by atoms with Crippen molar-refractivity contribution in [1.82, 2.24) is 15.3 Å². The van der Waals surface area contributed by atoms with Gasteiger partial charge in [0.2, 0.25) is 0 Å². The standard InChI is InChI=1S/C18H18ClF3N4O/c1-10-23-15(17(27)26-11-4-2-3-5-11)9-16(24-10)25-12-6-7-14(19)13(8-12)18(20,21)22/h6-9,11H,2-5H2,1H3,(H,26,27)(H,23,24,25). The number of aromatic nitrogens is 2. The molecular weight excluding hydrogens is 381 g/mol. The molecular formula is C18H18ClF3N4O. The normalized spacial score (nSPS) is 15.0. The summed E-state index contributed by atoms with van der Waals surface area (Å²) in [5.74, 6) is 0.249. The van der Waals surface area contributed by atoms with Crippen LogP contribution in [0, 0.1) is 6.92 Å². The van der Waals surface area contributed by atoms with Crippen LogP contribution in [0.15, 0.2) is 24.3 Å². The van der Waals surface area contributed by atoms with Gasteiger partial charge in [0.15, 0.2) is 0 Å². The van der Waals surface area contributed by atoms with Crippen molar-refractivity contribution in [3.05, 3.63) is 46.4 Å². The number of nitrogens with zero attached hydrogens (tertiary/aromatic N) is 2. The summed E-state index contributed by atoms with van der Waals surface area (Å²) in [4.78, 5) is 20.7. The molecule has 1 saturated carbocycles. The maximum absolute atomic E-state index is 13.0. The maximum Gasteiger partial charge on any atom is 0.417 e. The van der Waals surface area contributed by atoms with E-state index in [-0.39, 0.29) is 34.2 Å². The minimum atomic E-state index is -4.57. The van der Waals surface area contributed by atoms with E-state index in [0.717, 1.165) is 37.8 Å². The summed E-state index contributed by atoms with van der Waals surface area (Å²) in [6.45, 7) is 1.61. The zero-order valence-corrected chi connectivity index (χ0v) is 15.3. The zero-order valence-electron chi connectivity index (χ0n) is 14.5. The Morgan fingerprint density at radius 3 is 2.56 bits per heavy atom. The number of hydrogen-bond donors (Lipinski definition) is 2. The van der Waals surface area contributed by atoms with Crippen LogP contribution in [0.2, 0.25) is 5.02 Å². The van der Waals surface area contributed by atoms with E-state index in [1.165, 1.54) is 12.1 Å². The second-order valence-electron chi connectivity index (χ2n) is 6.46. The van der Waals surface area contributed by atoms with Crippen molar-refractivity contribution in [1.29, 1.82) is 0 Å². The highest BCUT2D eigenvalue weighted by Crippen LogP contribution is 2.36. The number of alkyl halides is 3. The van der Waals surface area contributed by atoms with Crippen molar-refractivity contribution in [2.45, 2.75) is 44.8 Å². The van der Waals surface area contributed by atoms with Crippen LogP contribution < -0.4 is 10.6 Å². The molecule has 1 amide bonds. The molecule has 0 atom stereocenters. The van der Waals surface area contributed by atoms with E-state index < -0.39 is 11.7 Å². The lowest BCUT2D eigenvalue weighted by Gasteiger charge is -2.14. The fraction of sp³-hybridized carbons (Fsp3) is 0.389. The first-order valence-corrected chi connectivity index (χ1v) is 8.90. The molecule has 2 N–H and O–H groups in total. The van der Waals surface area contributed by atoms with Gasteiger partial charge in [-0.3, -0.25) is 4.79 Å². The molecule has 0 unspecified atom stereocenters. The van der Waals surface area contributed by atoms with E-state index >= 15 is 0 Å². The SMILES string of the molecule is Cc1nc(Nc2ccc(Cl)c(C(F)(F)F)c2)cc(C(=O)NC2CCCC2)n1. The molecule has 2 aromatic rings. The summed E-state index contributed by atoms with van der Waals surface area (Å²) in [7, 11) is 0. The molecule has 3 rings (SSSR count). The Bertz CT molecular complexity index is 851. The second-order valence-corrected chi connectivity index (χ2v) is 6.87. The van der Waals surface area contributed by atoms with E-state index in [1.807, 2.05) is 0 Å². The molecule has 1 aliphatic rings. The molecule has 1 fully saturated rings. The minimum Gasteiger partial charge on any atom is -0.348 e. The van der Waals surface area contributed by atoms with Gasteiger partial charge in [-0.25, -0.2) is 9.97 Å². The van der Waals surface area contributed by atoms with Gasteiger partial charge in [0.1, 0.15) is 17.3 Å². The van der Waals surface area contributed by atoms with E-state index in [2.05, 4.69) is 20.6 Å². The molecule has 1 heterocycles. The maximum atomic E-state index is 13.0. The van der Waals surface area contributed by atoms with Gasteiger partial charge in [0.05, 0.1) is 10.6 Å². The molecule has 144 valence electrons. The summed E-state index contributed by atoms with van der Waals surface area (Å²) >= 11 is 5.63. The highest BCUT2D eigenvalue weighted by molar-refractivity contribution is 6.31. The van der Waals surface area contributed by atoms with Gasteiger partial charge in [-0.15, -0.1) is 0 Å². The third-order valence-electron chi connectivity index (χ3n) is 4.31. The van der Waals surface area contributed by atoms with E-state index in [0.29, 0.717) is 5.82 Å². The topological polar surface area (TPSA) is 66.9 Å². The van der Waals surface area contributed by atoms with Gasteiger partial charge >= 0.3 is 6.18 Å². The van der Waals surface area contributed by atoms with Gasteiger partial charge in [0, 0.05) is 17.8 Å². The molecule has 0 bridgehead atoms. The van der Waals surface area contributed by atoms with E-state index in [1.54, 1.807) is 6.92 Å². The lowest BCUT2D eigenvalue weighted by atomic mass is 10.2. The average Bonchev–Trinajstić information content (AvgIpc) is 3.08. The third kappa shape index (κ3) is 4.88. The van der Waals surface area contributed by atoms with Gasteiger partial charge in [-0.2, -0.15) is 13.2 Å². The first kappa shape index (κ1) is 19.4. The number of halogens is 4. The highest BCUT2D eigenvalue weighted by Gasteiger charge is 2.33. The van der Waals surface area contributed by atoms with Gasteiger partial charge < -0.3 is 10.6 Å². The largest absolute Gasteiger partial charge is 0.417 e. The van der Waals surface area contributed by atoms with Gasteiger partial charge in [0.25, 0.3) is 5.91 Å². The van der Waals surface area contributed by atoms with Crippen LogP contribution in [0.4, 0.5) is 24.7 Å². The second kappa shape index (κ2) is 7.72. The Balaban J connectivity index is 1.81. The minimum absolute atomic E-state index is 0.134. The predicted molar refractivity (Wildman–Crippen MR) is 96.2 cm³/mol. The summed E-state index contributed by atoms with van der Waals surface area (Å²) < 4.78 is 39.0. The van der Waals surface area contributed by atoms with Crippen molar-refractivity contribution in [3.63, 3.8) is 0 Å². The molecule has 0 saturated heterocycles. The Hall–Kier alpha value is -2.35. The lowest BCUT2D eigenvalue weighted by Crippen LogP contribution is -2.33. The van der Waals surface area contributed by atoms with Crippen LogP contribution in [0.25, 0.3) is 0 Å². The number of hydrogen-bond acceptors (Lipinski definition) is 4. The van der Waals surface area contributed by atoms with Crippen molar-refractivity contribution in [2.24, 2.45) is 0 Å². The van der Waals surface area contributed by atoms with Crippen molar-refractivity contribution in [2.75, 3.05) is 5.32 Å². The Labute approximate surface area is 159 Å². The Morgan fingerprint density at radius 2 is 1.89 bits per heavy atom. The quantitative estimate of drug-likeness (QED) is 0.770. The molecule has 0 aliphatic heterocycles. The summed E-state index contributed by atoms with van der Waals surface area (Å²) in [6, 6.07) is 5.02. The Kier molecular flexibility index (Phi) is 5.55. The van der Waals surface area contributed by atoms with E-state index in [4.69, 9.17) is 11.6 Å².